The number of carbonyl (C=O) groups is 1. The molecular weight excluding hydrogens is 266 g/mol. The summed E-state index contributed by atoms with van der Waals surface area (Å²) in [5.74, 6) is 0.427. The maximum absolute atomic E-state index is 12.1. The van der Waals surface area contributed by atoms with Crippen LogP contribution in [0, 0.1) is 6.92 Å². The molecule has 1 aromatic rings. The molecular formula is C15H25N5O. The van der Waals surface area contributed by atoms with Gasteiger partial charge in [-0.15, -0.1) is 0 Å². The molecule has 1 aromatic heterocycles. The lowest BCUT2D eigenvalue weighted by Gasteiger charge is -2.14. The summed E-state index contributed by atoms with van der Waals surface area (Å²) in [6.45, 7) is 3.31. The first-order valence-electron chi connectivity index (χ1n) is 7.60. The molecule has 6 heteroatoms. The maximum atomic E-state index is 12.1. The Morgan fingerprint density at radius 3 is 2.71 bits per heavy atom. The maximum Gasteiger partial charge on any atom is 0.270 e. The fourth-order valence-electron chi connectivity index (χ4n) is 2.49. The van der Waals surface area contributed by atoms with Gasteiger partial charge in [-0.25, -0.2) is 9.97 Å². The molecule has 0 bridgehead atoms. The van der Waals surface area contributed by atoms with Crippen LogP contribution in [0.5, 0.6) is 0 Å². The Hall–Kier alpha value is -1.69. The van der Waals surface area contributed by atoms with E-state index in [1.54, 1.807) is 6.07 Å². The molecule has 0 aromatic carbocycles. The highest BCUT2D eigenvalue weighted by molar-refractivity contribution is 5.92. The Kier molecular flexibility index (Phi) is 5.50. The Labute approximate surface area is 126 Å². The zero-order valence-electron chi connectivity index (χ0n) is 13.1. The number of nitrogens with zero attached hydrogens (tertiary/aromatic N) is 3. The van der Waals surface area contributed by atoms with Gasteiger partial charge in [-0.2, -0.15) is 0 Å². The third-order valence-corrected chi connectivity index (χ3v) is 3.62. The van der Waals surface area contributed by atoms with E-state index in [4.69, 9.17) is 0 Å². The van der Waals surface area contributed by atoms with Crippen molar-refractivity contribution in [2.75, 3.05) is 32.5 Å². The Morgan fingerprint density at radius 2 is 2.05 bits per heavy atom. The van der Waals surface area contributed by atoms with Gasteiger partial charge in [-0.3, -0.25) is 4.79 Å². The van der Waals surface area contributed by atoms with Crippen LogP contribution in [0.15, 0.2) is 6.07 Å². The van der Waals surface area contributed by atoms with Gasteiger partial charge in [-0.1, -0.05) is 12.8 Å². The molecule has 21 heavy (non-hydrogen) atoms. The van der Waals surface area contributed by atoms with E-state index < -0.39 is 0 Å². The van der Waals surface area contributed by atoms with Crippen LogP contribution in [0.1, 0.15) is 41.9 Å². The summed E-state index contributed by atoms with van der Waals surface area (Å²) in [6.07, 6.45) is 4.81. The van der Waals surface area contributed by atoms with Crippen LogP contribution in [-0.4, -0.2) is 54.0 Å². The summed E-state index contributed by atoms with van der Waals surface area (Å²) in [5.41, 5.74) is 1.24. The number of likely N-dealkylation sites (N-methyl/N-ethyl adjacent to an activating group) is 1. The van der Waals surface area contributed by atoms with Crippen LogP contribution in [-0.2, 0) is 0 Å². The van der Waals surface area contributed by atoms with Gasteiger partial charge in [0.2, 0.25) is 5.95 Å². The molecule has 1 aliphatic carbocycles. The van der Waals surface area contributed by atoms with Gasteiger partial charge in [0.15, 0.2) is 0 Å². The molecule has 1 saturated carbocycles. The van der Waals surface area contributed by atoms with Crippen LogP contribution in [0.3, 0.4) is 0 Å². The van der Waals surface area contributed by atoms with Gasteiger partial charge in [0, 0.05) is 24.8 Å². The van der Waals surface area contributed by atoms with Crippen molar-refractivity contribution in [1.29, 1.82) is 0 Å². The largest absolute Gasteiger partial charge is 0.351 e. The van der Waals surface area contributed by atoms with Crippen LogP contribution in [0.25, 0.3) is 0 Å². The van der Waals surface area contributed by atoms with Crippen LogP contribution in [0.4, 0.5) is 5.95 Å². The van der Waals surface area contributed by atoms with Crippen LogP contribution in [0.2, 0.25) is 0 Å². The Morgan fingerprint density at radius 1 is 1.33 bits per heavy atom. The Balaban J connectivity index is 1.98. The van der Waals surface area contributed by atoms with Gasteiger partial charge in [0.05, 0.1) is 0 Å². The van der Waals surface area contributed by atoms with E-state index in [0.29, 0.717) is 24.2 Å². The minimum Gasteiger partial charge on any atom is -0.351 e. The average molecular weight is 291 g/mol. The van der Waals surface area contributed by atoms with Crippen molar-refractivity contribution in [3.8, 4) is 0 Å². The molecule has 2 N–H and O–H groups in total. The molecule has 1 fully saturated rings. The molecule has 1 amide bonds. The smallest absolute Gasteiger partial charge is 0.270 e. The van der Waals surface area contributed by atoms with Crippen LogP contribution >= 0.6 is 0 Å². The second-order valence-electron chi connectivity index (χ2n) is 5.90. The quantitative estimate of drug-likeness (QED) is 0.830. The molecule has 0 saturated heterocycles. The second kappa shape index (κ2) is 7.36. The fourth-order valence-corrected chi connectivity index (χ4v) is 2.49. The van der Waals surface area contributed by atoms with E-state index in [2.05, 4.69) is 20.6 Å². The number of carbonyl (C=O) groups excluding carboxylic acids is 1. The minimum atomic E-state index is -0.142. The number of amides is 1. The lowest BCUT2D eigenvalue weighted by atomic mass is 10.2. The van der Waals surface area contributed by atoms with Gasteiger partial charge >= 0.3 is 0 Å². The molecule has 0 atom stereocenters. The summed E-state index contributed by atoms with van der Waals surface area (Å²) in [4.78, 5) is 22.9. The predicted molar refractivity (Wildman–Crippen MR) is 83.5 cm³/mol. The first-order valence-corrected chi connectivity index (χ1v) is 7.60. The number of hydrogen-bond acceptors (Lipinski definition) is 5. The lowest BCUT2D eigenvalue weighted by molar-refractivity contribution is 0.0946. The van der Waals surface area contributed by atoms with Gasteiger partial charge in [0.25, 0.3) is 5.91 Å². The van der Waals surface area contributed by atoms with Crippen molar-refractivity contribution in [2.45, 2.75) is 38.6 Å². The van der Waals surface area contributed by atoms with E-state index in [9.17, 15) is 4.79 Å². The fraction of sp³-hybridized carbons (Fsp3) is 0.667. The molecule has 116 valence electrons. The van der Waals surface area contributed by atoms with Crippen molar-refractivity contribution in [3.63, 3.8) is 0 Å². The van der Waals surface area contributed by atoms with E-state index in [1.165, 1.54) is 12.8 Å². The third-order valence-electron chi connectivity index (χ3n) is 3.62. The minimum absolute atomic E-state index is 0.142. The SMILES string of the molecule is Cc1cc(C(=O)NCCN(C)C)nc(NC2CCCC2)n1. The second-order valence-corrected chi connectivity index (χ2v) is 5.90. The van der Waals surface area contributed by atoms with Crippen molar-refractivity contribution in [3.05, 3.63) is 17.5 Å². The summed E-state index contributed by atoms with van der Waals surface area (Å²) in [6, 6.07) is 2.17. The van der Waals surface area contributed by atoms with Gasteiger partial charge < -0.3 is 15.5 Å². The van der Waals surface area contributed by atoms with Gasteiger partial charge in [0.1, 0.15) is 5.69 Å². The normalized spacial score (nSPS) is 15.4. The topological polar surface area (TPSA) is 70.2 Å². The monoisotopic (exact) mass is 291 g/mol. The highest BCUT2D eigenvalue weighted by Gasteiger charge is 2.17. The summed E-state index contributed by atoms with van der Waals surface area (Å²) in [7, 11) is 3.95. The van der Waals surface area contributed by atoms with E-state index >= 15 is 0 Å². The number of rotatable bonds is 6. The molecule has 0 unspecified atom stereocenters. The van der Waals surface area contributed by atoms with Gasteiger partial charge in [-0.05, 0) is 39.9 Å². The van der Waals surface area contributed by atoms with E-state index in [-0.39, 0.29) is 5.91 Å². The molecule has 2 rings (SSSR count). The zero-order valence-corrected chi connectivity index (χ0v) is 13.1. The van der Waals surface area contributed by atoms with Crippen molar-refractivity contribution in [2.24, 2.45) is 0 Å². The standard InChI is InChI=1S/C15H25N5O/c1-11-10-13(14(21)16-8-9-20(2)3)19-15(17-11)18-12-6-4-5-7-12/h10,12H,4-9H2,1-3H3,(H,16,21)(H,17,18,19). The zero-order chi connectivity index (χ0) is 15.2. The van der Waals surface area contributed by atoms with Crippen LogP contribution < -0.4 is 10.6 Å². The number of aryl methyl sites for hydroxylation is 1. The van der Waals surface area contributed by atoms with E-state index in [1.807, 2.05) is 25.9 Å². The number of anilines is 1. The third kappa shape index (κ3) is 4.97. The predicted octanol–water partition coefficient (Wildman–Crippen LogP) is 1.43. The van der Waals surface area contributed by atoms with Crippen molar-refractivity contribution >= 4 is 11.9 Å². The van der Waals surface area contributed by atoms with Crippen molar-refractivity contribution in [1.82, 2.24) is 20.2 Å². The summed E-state index contributed by atoms with van der Waals surface area (Å²) >= 11 is 0. The highest BCUT2D eigenvalue weighted by atomic mass is 16.1. The number of nitrogens with one attached hydrogen (secondary N) is 2. The van der Waals surface area contributed by atoms with E-state index in [0.717, 1.165) is 25.1 Å². The molecule has 6 nitrogen and oxygen atoms in total. The molecule has 1 heterocycles. The number of hydrogen-bond donors (Lipinski definition) is 2. The molecule has 0 radical (unpaired) electrons. The molecule has 1 aliphatic rings. The number of aromatic nitrogens is 2. The van der Waals surface area contributed by atoms with Crippen molar-refractivity contribution < 1.29 is 4.79 Å². The lowest BCUT2D eigenvalue weighted by Crippen LogP contribution is -2.32. The molecule has 0 spiro atoms. The average Bonchev–Trinajstić information content (AvgIpc) is 2.90. The Bertz CT molecular complexity index is 483. The molecule has 0 aliphatic heterocycles. The summed E-state index contributed by atoms with van der Waals surface area (Å²) in [5, 5.41) is 6.22. The highest BCUT2D eigenvalue weighted by Crippen LogP contribution is 2.20. The first-order chi connectivity index (χ1) is 10.0. The first kappa shape index (κ1) is 15.7. The summed E-state index contributed by atoms with van der Waals surface area (Å²) < 4.78 is 0.